The number of nitrogens with zero attached hydrogens (tertiary/aromatic N) is 1. The molecule has 0 unspecified atom stereocenters. The molecule has 0 heterocycles. The number of hydrogen-bond acceptors (Lipinski definition) is 5. The van der Waals surface area contributed by atoms with E-state index in [2.05, 4.69) is 10.3 Å². The second-order valence-corrected chi connectivity index (χ2v) is 8.12. The summed E-state index contributed by atoms with van der Waals surface area (Å²) in [5.74, 6) is -0.624. The Hall–Kier alpha value is -3.45. The van der Waals surface area contributed by atoms with Crippen LogP contribution in [0.3, 0.4) is 0 Å². The number of phenolic OH excluding ortho intramolecular Hbond substituents is 1. The van der Waals surface area contributed by atoms with Crippen LogP contribution in [0.2, 0.25) is 0 Å². The van der Waals surface area contributed by atoms with Crippen molar-refractivity contribution in [3.63, 3.8) is 0 Å². The van der Waals surface area contributed by atoms with Crippen LogP contribution in [-0.2, 0) is 11.2 Å². The van der Waals surface area contributed by atoms with Crippen LogP contribution in [-0.4, -0.2) is 41.5 Å². The number of rotatable bonds is 6. The van der Waals surface area contributed by atoms with Crippen molar-refractivity contribution >= 4 is 17.7 Å². The Labute approximate surface area is 193 Å². The molecule has 6 nitrogen and oxygen atoms in total. The molecule has 1 atom stereocenters. The second-order valence-electron chi connectivity index (χ2n) is 8.12. The first-order valence-electron chi connectivity index (χ1n) is 11.0. The zero-order valence-corrected chi connectivity index (χ0v) is 18.7. The van der Waals surface area contributed by atoms with Gasteiger partial charge in [-0.05, 0) is 79.1 Å². The van der Waals surface area contributed by atoms with Crippen LogP contribution in [0.4, 0.5) is 4.39 Å². The number of aliphatic hydroxyl groups excluding tert-OH is 1. The summed E-state index contributed by atoms with van der Waals surface area (Å²) in [5, 5.41) is 22.0. The van der Waals surface area contributed by atoms with E-state index in [1.165, 1.54) is 12.1 Å². The van der Waals surface area contributed by atoms with Gasteiger partial charge < -0.3 is 21.3 Å². The first-order chi connectivity index (χ1) is 15.9. The summed E-state index contributed by atoms with van der Waals surface area (Å²) in [6, 6.07) is 12.4. The first-order valence-corrected chi connectivity index (χ1v) is 11.0. The maximum Gasteiger partial charge on any atom is 0.267 e. The molecule has 0 spiro atoms. The molecule has 1 amide bonds. The predicted molar refractivity (Wildman–Crippen MR) is 128 cm³/mol. The number of nitrogens with one attached hydrogen (secondary N) is 1. The van der Waals surface area contributed by atoms with Crippen LogP contribution in [0.25, 0.3) is 6.08 Å². The van der Waals surface area contributed by atoms with Crippen LogP contribution >= 0.6 is 0 Å². The Morgan fingerprint density at radius 1 is 1.21 bits per heavy atom. The molecule has 0 aromatic heterocycles. The summed E-state index contributed by atoms with van der Waals surface area (Å²) in [5.41, 5.74) is 10.2. The lowest BCUT2D eigenvalue weighted by Crippen LogP contribution is -2.42. The van der Waals surface area contributed by atoms with E-state index in [1.807, 2.05) is 12.1 Å². The molecule has 1 saturated carbocycles. The fraction of sp³-hybridized carbons (Fsp3) is 0.308. The molecule has 0 bridgehead atoms. The topological polar surface area (TPSA) is 108 Å². The van der Waals surface area contributed by atoms with Gasteiger partial charge in [0.25, 0.3) is 5.91 Å². The minimum absolute atomic E-state index is 0.0757. The Kier molecular flexibility index (Phi) is 8.38. The highest BCUT2D eigenvalue weighted by Crippen LogP contribution is 2.28. The number of carbonyl (C=O) groups excluding carboxylic acids is 1. The van der Waals surface area contributed by atoms with Gasteiger partial charge in [0, 0.05) is 12.6 Å². The van der Waals surface area contributed by atoms with Crippen molar-refractivity contribution < 1.29 is 19.4 Å². The van der Waals surface area contributed by atoms with Gasteiger partial charge in [0.1, 0.15) is 17.3 Å². The number of allylic oxidation sites excluding steroid dienone is 2. The van der Waals surface area contributed by atoms with Crippen LogP contribution < -0.4 is 11.1 Å². The largest absolute Gasteiger partial charge is 0.508 e. The fourth-order valence-electron chi connectivity index (χ4n) is 4.00. The minimum Gasteiger partial charge on any atom is -0.508 e. The Morgan fingerprint density at radius 3 is 2.61 bits per heavy atom. The number of aliphatic imine (C=N–C) groups is 1. The molecule has 1 aliphatic carbocycles. The van der Waals surface area contributed by atoms with Gasteiger partial charge in [-0.25, -0.2) is 4.39 Å². The van der Waals surface area contributed by atoms with E-state index in [9.17, 15) is 19.4 Å². The van der Waals surface area contributed by atoms with E-state index in [0.717, 1.165) is 36.0 Å². The van der Waals surface area contributed by atoms with Gasteiger partial charge in [0.15, 0.2) is 0 Å². The summed E-state index contributed by atoms with van der Waals surface area (Å²) >= 11 is 0. The molecule has 0 aliphatic heterocycles. The molecule has 7 heteroatoms. The minimum atomic E-state index is -0.531. The van der Waals surface area contributed by atoms with Crippen molar-refractivity contribution in [3.8, 4) is 5.75 Å². The molecule has 1 fully saturated rings. The molecule has 2 aromatic carbocycles. The van der Waals surface area contributed by atoms with Crippen molar-refractivity contribution in [2.24, 2.45) is 10.7 Å². The maximum absolute atomic E-state index is 13.6. The molecule has 0 radical (unpaired) electrons. The molecule has 1 aliphatic rings. The summed E-state index contributed by atoms with van der Waals surface area (Å²) in [4.78, 5) is 17.4. The lowest BCUT2D eigenvalue weighted by molar-refractivity contribution is -0.118. The summed E-state index contributed by atoms with van der Waals surface area (Å²) in [7, 11) is 1.66. The number of phenols is 1. The molecule has 2 aromatic rings. The zero-order valence-electron chi connectivity index (χ0n) is 18.7. The number of amides is 1. The van der Waals surface area contributed by atoms with Crippen molar-refractivity contribution in [2.45, 2.75) is 38.1 Å². The summed E-state index contributed by atoms with van der Waals surface area (Å²) < 4.78 is 13.6. The van der Waals surface area contributed by atoms with Gasteiger partial charge in [-0.2, -0.15) is 0 Å². The highest BCUT2D eigenvalue weighted by molar-refractivity contribution is 6.18. The number of halogens is 1. The van der Waals surface area contributed by atoms with Gasteiger partial charge in [0.05, 0.1) is 18.4 Å². The summed E-state index contributed by atoms with van der Waals surface area (Å²) in [6.45, 7) is -0.255. The predicted octanol–water partition coefficient (Wildman–Crippen LogP) is 3.49. The number of aliphatic hydroxyl groups is 1. The third kappa shape index (κ3) is 6.52. The fourth-order valence-corrected chi connectivity index (χ4v) is 4.00. The lowest BCUT2D eigenvalue weighted by Gasteiger charge is -2.19. The van der Waals surface area contributed by atoms with Crippen LogP contribution in [0.1, 0.15) is 36.8 Å². The standard InChI is InChI=1S/C26H30FN3O3/c1-29-25-19(13-18-5-4-7-20(27)14-18)6-2-3-8-23(25)24(28)26(33)30-21(16-31)15-17-9-11-22(32)12-10-17/h4-5,7,9-14,21,31-32H,2-3,6,8,15-16,28H2,1H3,(H,30,33)/b19-13+,24-23-,29-25?/t21-/m0/s1. The number of nitrogens with two attached hydrogens (primary N) is 1. The number of carbonyl (C=O) groups is 1. The second kappa shape index (κ2) is 11.4. The first kappa shape index (κ1) is 24.2. The lowest BCUT2D eigenvalue weighted by atomic mass is 9.96. The molecular formula is C26H30FN3O3. The smallest absolute Gasteiger partial charge is 0.267 e. The van der Waals surface area contributed by atoms with Crippen molar-refractivity contribution in [2.75, 3.05) is 13.7 Å². The highest BCUT2D eigenvalue weighted by atomic mass is 19.1. The van der Waals surface area contributed by atoms with E-state index < -0.39 is 11.9 Å². The number of aromatic hydroxyl groups is 1. The average molecular weight is 452 g/mol. The normalized spacial score (nSPS) is 19.2. The van der Waals surface area contributed by atoms with Crippen molar-refractivity contribution in [1.82, 2.24) is 5.32 Å². The maximum atomic E-state index is 13.6. The van der Waals surface area contributed by atoms with Crippen LogP contribution in [0, 0.1) is 5.82 Å². The van der Waals surface area contributed by atoms with Gasteiger partial charge in [-0.15, -0.1) is 0 Å². The quantitative estimate of drug-likeness (QED) is 0.398. The van der Waals surface area contributed by atoms with E-state index >= 15 is 0 Å². The van der Waals surface area contributed by atoms with Gasteiger partial charge in [-0.3, -0.25) is 9.79 Å². The Bertz CT molecular complexity index is 1070. The van der Waals surface area contributed by atoms with Gasteiger partial charge in [-0.1, -0.05) is 24.3 Å². The third-order valence-corrected chi connectivity index (χ3v) is 5.67. The zero-order chi connectivity index (χ0) is 23.8. The number of benzene rings is 2. The SMILES string of the molecule is CN=C1/C(=C(\N)C(=O)N[C@H](CO)Cc2ccc(O)cc2)CCCC/C1=C\c1cccc(F)c1. The highest BCUT2D eigenvalue weighted by Gasteiger charge is 2.23. The summed E-state index contributed by atoms with van der Waals surface area (Å²) in [6.07, 6.45) is 5.39. The molecule has 33 heavy (non-hydrogen) atoms. The monoisotopic (exact) mass is 451 g/mol. The molecule has 5 N–H and O–H groups in total. The van der Waals surface area contributed by atoms with Crippen LogP contribution in [0.15, 0.2) is 70.4 Å². The van der Waals surface area contributed by atoms with E-state index in [0.29, 0.717) is 24.1 Å². The van der Waals surface area contributed by atoms with Crippen LogP contribution in [0.5, 0.6) is 5.75 Å². The molecular weight excluding hydrogens is 421 g/mol. The third-order valence-electron chi connectivity index (χ3n) is 5.67. The van der Waals surface area contributed by atoms with Gasteiger partial charge in [0.2, 0.25) is 0 Å². The van der Waals surface area contributed by atoms with Gasteiger partial charge >= 0.3 is 0 Å². The Balaban J connectivity index is 1.83. The molecule has 3 rings (SSSR count). The van der Waals surface area contributed by atoms with Crippen molar-refractivity contribution in [3.05, 3.63) is 82.3 Å². The number of hydrogen-bond donors (Lipinski definition) is 4. The molecule has 174 valence electrons. The molecule has 0 saturated heterocycles. The van der Waals surface area contributed by atoms with E-state index in [1.54, 1.807) is 37.4 Å². The van der Waals surface area contributed by atoms with E-state index in [-0.39, 0.29) is 23.9 Å². The van der Waals surface area contributed by atoms with E-state index in [4.69, 9.17) is 5.73 Å². The average Bonchev–Trinajstić information content (AvgIpc) is 3.01. The Morgan fingerprint density at radius 2 is 1.94 bits per heavy atom. The van der Waals surface area contributed by atoms with Crippen molar-refractivity contribution in [1.29, 1.82) is 0 Å².